The number of alkyl halides is 3. The molecule has 0 amide bonds. The van der Waals surface area contributed by atoms with Gasteiger partial charge in [-0.25, -0.2) is 4.98 Å². The van der Waals surface area contributed by atoms with E-state index in [0.717, 1.165) is 36.9 Å². The highest BCUT2D eigenvalue weighted by Crippen LogP contribution is 2.30. The van der Waals surface area contributed by atoms with Gasteiger partial charge in [-0.15, -0.1) is 0 Å². The lowest BCUT2D eigenvalue weighted by molar-refractivity contribution is -0.127. The number of benzene rings is 1. The number of anilines is 1. The molecule has 5 nitrogen and oxygen atoms in total. The Kier molecular flexibility index (Phi) is 5.39. The van der Waals surface area contributed by atoms with Gasteiger partial charge in [0, 0.05) is 29.7 Å². The van der Waals surface area contributed by atoms with Crippen LogP contribution in [0.25, 0.3) is 16.8 Å². The molecule has 1 aliphatic carbocycles. The third kappa shape index (κ3) is 4.26. The van der Waals surface area contributed by atoms with Crippen LogP contribution in [0.3, 0.4) is 0 Å². The van der Waals surface area contributed by atoms with E-state index in [9.17, 15) is 23.5 Å². The number of aliphatic hydroxyl groups excluding tert-OH is 1. The zero-order valence-corrected chi connectivity index (χ0v) is 16.2. The molecule has 3 aromatic rings. The van der Waals surface area contributed by atoms with Crippen LogP contribution in [0.5, 0.6) is 0 Å². The molecule has 1 aromatic carbocycles. The SMILES string of the molecule is N#Cc1c(-c2ccc(NC3CCC(O)CC3)cc2)ccn2c(CC(F)(F)F)cnc12. The molecule has 30 heavy (non-hydrogen) atoms. The lowest BCUT2D eigenvalue weighted by atomic mass is 9.93. The maximum atomic E-state index is 12.8. The summed E-state index contributed by atoms with van der Waals surface area (Å²) in [4.78, 5) is 4.07. The van der Waals surface area contributed by atoms with Gasteiger partial charge < -0.3 is 14.8 Å². The van der Waals surface area contributed by atoms with Crippen LogP contribution in [0.2, 0.25) is 0 Å². The standard InChI is InChI=1S/C22H21F3N4O/c23-22(24,25)11-17-13-27-21-20(12-26)19(9-10-29(17)21)14-1-3-15(4-2-14)28-16-5-7-18(30)8-6-16/h1-4,9-10,13,16,18,28,30H,5-8,11H2. The van der Waals surface area contributed by atoms with Gasteiger partial charge in [-0.2, -0.15) is 18.4 Å². The third-order valence-corrected chi connectivity index (χ3v) is 5.51. The number of hydrogen-bond donors (Lipinski definition) is 2. The van der Waals surface area contributed by atoms with E-state index in [-0.39, 0.29) is 23.0 Å². The van der Waals surface area contributed by atoms with E-state index in [4.69, 9.17) is 0 Å². The highest BCUT2D eigenvalue weighted by molar-refractivity contribution is 5.78. The van der Waals surface area contributed by atoms with E-state index in [0.29, 0.717) is 11.6 Å². The van der Waals surface area contributed by atoms with Crippen molar-refractivity contribution in [2.45, 2.75) is 50.4 Å². The average Bonchev–Trinajstić information content (AvgIpc) is 3.11. The quantitative estimate of drug-likeness (QED) is 0.650. The highest BCUT2D eigenvalue weighted by atomic mass is 19.4. The van der Waals surface area contributed by atoms with Crippen LogP contribution in [-0.2, 0) is 6.42 Å². The number of pyridine rings is 1. The lowest BCUT2D eigenvalue weighted by Gasteiger charge is -2.27. The number of hydrogen-bond acceptors (Lipinski definition) is 4. The number of nitriles is 1. The molecular formula is C22H21F3N4O. The first-order valence-corrected chi connectivity index (χ1v) is 9.85. The fourth-order valence-electron chi connectivity index (χ4n) is 3.99. The molecule has 156 valence electrons. The number of rotatable bonds is 4. The van der Waals surface area contributed by atoms with Crippen LogP contribution in [-0.4, -0.2) is 32.8 Å². The maximum Gasteiger partial charge on any atom is 0.394 e. The van der Waals surface area contributed by atoms with Crippen LogP contribution in [0.4, 0.5) is 18.9 Å². The molecule has 0 spiro atoms. The molecule has 0 radical (unpaired) electrons. The van der Waals surface area contributed by atoms with Gasteiger partial charge in [-0.1, -0.05) is 12.1 Å². The number of fused-ring (bicyclic) bond motifs is 1. The van der Waals surface area contributed by atoms with E-state index in [1.54, 1.807) is 6.07 Å². The number of aromatic nitrogens is 2. The average molecular weight is 414 g/mol. The number of halogens is 3. The lowest BCUT2D eigenvalue weighted by Crippen LogP contribution is -2.28. The fraction of sp³-hybridized carbons (Fsp3) is 0.364. The molecule has 1 aliphatic rings. The van der Waals surface area contributed by atoms with Gasteiger partial charge >= 0.3 is 6.18 Å². The maximum absolute atomic E-state index is 12.8. The molecule has 8 heteroatoms. The van der Waals surface area contributed by atoms with Crippen molar-refractivity contribution >= 4 is 11.3 Å². The number of nitrogens with one attached hydrogen (secondary N) is 1. The van der Waals surface area contributed by atoms with E-state index in [1.807, 2.05) is 24.3 Å². The van der Waals surface area contributed by atoms with E-state index >= 15 is 0 Å². The molecule has 0 atom stereocenters. The Morgan fingerprint density at radius 3 is 2.47 bits per heavy atom. The van der Waals surface area contributed by atoms with E-state index in [2.05, 4.69) is 16.4 Å². The van der Waals surface area contributed by atoms with Gasteiger partial charge in [0.15, 0.2) is 5.65 Å². The Bertz CT molecular complexity index is 1070. The van der Waals surface area contributed by atoms with Crippen molar-refractivity contribution in [3.8, 4) is 17.2 Å². The minimum atomic E-state index is -4.35. The third-order valence-electron chi connectivity index (χ3n) is 5.51. The second kappa shape index (κ2) is 8.00. The Balaban J connectivity index is 1.59. The zero-order valence-electron chi connectivity index (χ0n) is 16.2. The molecule has 1 fully saturated rings. The molecule has 2 N–H and O–H groups in total. The highest BCUT2D eigenvalue weighted by Gasteiger charge is 2.30. The molecule has 0 bridgehead atoms. The second-order valence-electron chi connectivity index (χ2n) is 7.68. The first kappa shape index (κ1) is 20.2. The topological polar surface area (TPSA) is 73.3 Å². The summed E-state index contributed by atoms with van der Waals surface area (Å²) in [7, 11) is 0. The van der Waals surface area contributed by atoms with Gasteiger partial charge in [0.25, 0.3) is 0 Å². The summed E-state index contributed by atoms with van der Waals surface area (Å²) in [6.07, 6.45) is 0.461. The fourth-order valence-corrected chi connectivity index (χ4v) is 3.99. The Morgan fingerprint density at radius 1 is 1.13 bits per heavy atom. The molecule has 0 unspecified atom stereocenters. The van der Waals surface area contributed by atoms with Crippen molar-refractivity contribution < 1.29 is 18.3 Å². The van der Waals surface area contributed by atoms with Crippen molar-refractivity contribution in [1.82, 2.24) is 9.38 Å². The summed E-state index contributed by atoms with van der Waals surface area (Å²) in [5.74, 6) is 0. The smallest absolute Gasteiger partial charge is 0.393 e. The van der Waals surface area contributed by atoms with Crippen molar-refractivity contribution in [1.29, 1.82) is 5.26 Å². The minimum Gasteiger partial charge on any atom is -0.393 e. The molecule has 4 rings (SSSR count). The van der Waals surface area contributed by atoms with Gasteiger partial charge in [-0.05, 0) is 49.4 Å². The number of aliphatic hydroxyl groups is 1. The van der Waals surface area contributed by atoms with Gasteiger partial charge in [0.2, 0.25) is 0 Å². The monoisotopic (exact) mass is 414 g/mol. The molecule has 2 heterocycles. The Morgan fingerprint density at radius 2 is 1.83 bits per heavy atom. The summed E-state index contributed by atoms with van der Waals surface area (Å²) >= 11 is 0. The number of nitrogens with zero attached hydrogens (tertiary/aromatic N) is 3. The van der Waals surface area contributed by atoms with Crippen molar-refractivity contribution in [2.24, 2.45) is 0 Å². The predicted octanol–water partition coefficient (Wildman–Crippen LogP) is 4.69. The first-order valence-electron chi connectivity index (χ1n) is 9.85. The van der Waals surface area contributed by atoms with Gasteiger partial charge in [0.1, 0.15) is 11.6 Å². The Hall–Kier alpha value is -3.05. The normalized spacial score (nSPS) is 19.6. The summed E-state index contributed by atoms with van der Waals surface area (Å²) in [5, 5.41) is 22.7. The Labute approximate surface area is 171 Å². The van der Waals surface area contributed by atoms with Crippen molar-refractivity contribution in [3.05, 3.63) is 54.0 Å². The van der Waals surface area contributed by atoms with E-state index < -0.39 is 12.6 Å². The number of imidazole rings is 1. The molecule has 1 saturated carbocycles. The predicted molar refractivity (Wildman–Crippen MR) is 107 cm³/mol. The summed E-state index contributed by atoms with van der Waals surface area (Å²) < 4.78 is 39.6. The van der Waals surface area contributed by atoms with Crippen molar-refractivity contribution in [3.63, 3.8) is 0 Å². The van der Waals surface area contributed by atoms with Gasteiger partial charge in [0.05, 0.1) is 18.2 Å². The summed E-state index contributed by atoms with van der Waals surface area (Å²) in [6, 6.07) is 11.7. The van der Waals surface area contributed by atoms with Crippen LogP contribution in [0.15, 0.2) is 42.7 Å². The van der Waals surface area contributed by atoms with E-state index in [1.165, 1.54) is 16.8 Å². The summed E-state index contributed by atoms with van der Waals surface area (Å²) in [6.45, 7) is 0. The first-order chi connectivity index (χ1) is 14.3. The molecule has 2 aromatic heterocycles. The largest absolute Gasteiger partial charge is 0.394 e. The minimum absolute atomic E-state index is 0.00213. The van der Waals surface area contributed by atoms with Crippen LogP contribution in [0.1, 0.15) is 36.9 Å². The second-order valence-corrected chi connectivity index (χ2v) is 7.68. The van der Waals surface area contributed by atoms with Gasteiger partial charge in [-0.3, -0.25) is 0 Å². The van der Waals surface area contributed by atoms with Crippen LogP contribution >= 0.6 is 0 Å². The molecule has 0 aliphatic heterocycles. The summed E-state index contributed by atoms with van der Waals surface area (Å²) in [5.41, 5.74) is 2.83. The molecular weight excluding hydrogens is 393 g/mol. The zero-order chi connectivity index (χ0) is 21.3. The van der Waals surface area contributed by atoms with Crippen molar-refractivity contribution in [2.75, 3.05) is 5.32 Å². The van der Waals surface area contributed by atoms with Crippen LogP contribution < -0.4 is 5.32 Å². The molecule has 0 saturated heterocycles. The van der Waals surface area contributed by atoms with Crippen LogP contribution in [0, 0.1) is 11.3 Å².